The zero-order valence-corrected chi connectivity index (χ0v) is 15.7. The van der Waals surface area contributed by atoms with Gasteiger partial charge in [-0.2, -0.15) is 0 Å². The van der Waals surface area contributed by atoms with E-state index in [-0.39, 0.29) is 11.2 Å². The molecule has 1 N–H and O–H groups in total. The van der Waals surface area contributed by atoms with E-state index < -0.39 is 5.97 Å². The van der Waals surface area contributed by atoms with Gasteiger partial charge in [0.05, 0.1) is 28.1 Å². The Morgan fingerprint density at radius 1 is 1.20 bits per heavy atom. The number of thioether (sulfide) groups is 1. The molecule has 2 rings (SSSR count). The summed E-state index contributed by atoms with van der Waals surface area (Å²) >= 11 is 7.71. The van der Waals surface area contributed by atoms with Crippen molar-refractivity contribution >= 4 is 40.9 Å². The number of carbonyl (C=O) groups excluding carboxylic acids is 2. The number of carbonyl (C=O) groups is 2. The number of benzene rings is 2. The van der Waals surface area contributed by atoms with Crippen molar-refractivity contribution in [3.8, 4) is 0 Å². The average Bonchev–Trinajstić information content (AvgIpc) is 2.62. The Labute approximate surface area is 156 Å². The van der Waals surface area contributed by atoms with E-state index in [1.807, 2.05) is 37.3 Å². The molecule has 0 aliphatic carbocycles. The third kappa shape index (κ3) is 5.80. The van der Waals surface area contributed by atoms with Crippen molar-refractivity contribution in [2.24, 2.45) is 0 Å². The smallest absolute Gasteiger partial charge is 0.338 e. The van der Waals surface area contributed by atoms with Gasteiger partial charge in [0.15, 0.2) is 0 Å². The molecule has 132 valence electrons. The van der Waals surface area contributed by atoms with Crippen molar-refractivity contribution in [2.45, 2.75) is 24.9 Å². The molecule has 0 aliphatic rings. The van der Waals surface area contributed by atoms with Gasteiger partial charge in [-0.3, -0.25) is 4.79 Å². The van der Waals surface area contributed by atoms with E-state index in [4.69, 9.17) is 16.3 Å². The minimum absolute atomic E-state index is 0.133. The third-order valence-corrected chi connectivity index (χ3v) is 4.98. The molecule has 0 aliphatic heterocycles. The van der Waals surface area contributed by atoms with E-state index in [2.05, 4.69) is 5.32 Å². The van der Waals surface area contributed by atoms with E-state index in [1.165, 1.54) is 11.6 Å². The molecule has 25 heavy (non-hydrogen) atoms. The number of rotatable bonds is 7. The van der Waals surface area contributed by atoms with Crippen molar-refractivity contribution in [1.82, 2.24) is 0 Å². The van der Waals surface area contributed by atoms with Crippen LogP contribution < -0.4 is 5.32 Å². The van der Waals surface area contributed by atoms with Crippen LogP contribution in [0, 0.1) is 0 Å². The normalized spacial score (nSPS) is 11.6. The lowest BCUT2D eigenvalue weighted by atomic mass is 10.2. The summed E-state index contributed by atoms with van der Waals surface area (Å²) in [6, 6.07) is 14.7. The van der Waals surface area contributed by atoms with Gasteiger partial charge in [0.25, 0.3) is 0 Å². The Kier molecular flexibility index (Phi) is 7.34. The first-order valence-corrected chi connectivity index (χ1v) is 9.37. The second-order valence-electron chi connectivity index (χ2n) is 5.34. The number of halogens is 1. The van der Waals surface area contributed by atoms with Crippen LogP contribution in [0.2, 0.25) is 5.02 Å². The zero-order valence-electron chi connectivity index (χ0n) is 14.1. The SMILES string of the molecule is CCOC(=O)c1ccc(NC(=O)[C@H](C)SCc2ccccc2)c(Cl)c1. The van der Waals surface area contributed by atoms with Crippen molar-refractivity contribution in [2.75, 3.05) is 11.9 Å². The quantitative estimate of drug-likeness (QED) is 0.705. The fraction of sp³-hybridized carbons (Fsp3) is 0.263. The minimum Gasteiger partial charge on any atom is -0.462 e. The molecule has 0 spiro atoms. The predicted molar refractivity (Wildman–Crippen MR) is 103 cm³/mol. The molecule has 2 aromatic rings. The Hall–Kier alpha value is -1.98. The Morgan fingerprint density at radius 2 is 1.92 bits per heavy atom. The summed E-state index contributed by atoms with van der Waals surface area (Å²) in [5, 5.41) is 2.87. The van der Waals surface area contributed by atoms with Gasteiger partial charge in [0, 0.05) is 5.75 Å². The minimum atomic E-state index is -0.436. The molecule has 0 saturated carbocycles. The third-order valence-electron chi connectivity index (χ3n) is 3.45. The summed E-state index contributed by atoms with van der Waals surface area (Å²) < 4.78 is 4.93. The van der Waals surface area contributed by atoms with Crippen LogP contribution in [0.15, 0.2) is 48.5 Å². The highest BCUT2D eigenvalue weighted by Crippen LogP contribution is 2.25. The summed E-state index contributed by atoms with van der Waals surface area (Å²) in [4.78, 5) is 24.0. The van der Waals surface area contributed by atoms with Crippen LogP contribution in [0.4, 0.5) is 5.69 Å². The maximum absolute atomic E-state index is 12.3. The fourth-order valence-corrected chi connectivity index (χ4v) is 3.14. The van der Waals surface area contributed by atoms with E-state index in [0.29, 0.717) is 22.9 Å². The van der Waals surface area contributed by atoms with Crippen molar-refractivity contribution < 1.29 is 14.3 Å². The maximum Gasteiger partial charge on any atom is 0.338 e. The van der Waals surface area contributed by atoms with Crippen molar-refractivity contribution in [3.05, 3.63) is 64.7 Å². The number of amides is 1. The van der Waals surface area contributed by atoms with Crippen LogP contribution >= 0.6 is 23.4 Å². The molecule has 2 aromatic carbocycles. The monoisotopic (exact) mass is 377 g/mol. The van der Waals surface area contributed by atoms with Gasteiger partial charge in [-0.05, 0) is 37.6 Å². The van der Waals surface area contributed by atoms with Gasteiger partial charge in [-0.25, -0.2) is 4.79 Å². The molecule has 1 amide bonds. The zero-order chi connectivity index (χ0) is 18.2. The largest absolute Gasteiger partial charge is 0.462 e. The molecule has 4 nitrogen and oxygen atoms in total. The molecule has 0 saturated heterocycles. The lowest BCUT2D eigenvalue weighted by Crippen LogP contribution is -2.22. The standard InChI is InChI=1S/C19H20ClNO3S/c1-3-24-19(23)15-9-10-17(16(20)11-15)21-18(22)13(2)25-12-14-7-5-4-6-8-14/h4-11,13H,3,12H2,1-2H3,(H,21,22)/t13-/m0/s1. The number of ether oxygens (including phenoxy) is 1. The first kappa shape index (κ1) is 19.3. The second-order valence-corrected chi connectivity index (χ2v) is 7.08. The highest BCUT2D eigenvalue weighted by atomic mass is 35.5. The van der Waals surface area contributed by atoms with Gasteiger partial charge in [-0.15, -0.1) is 11.8 Å². The van der Waals surface area contributed by atoms with Gasteiger partial charge >= 0.3 is 5.97 Å². The molecular weight excluding hydrogens is 358 g/mol. The van der Waals surface area contributed by atoms with E-state index in [1.54, 1.807) is 30.8 Å². The average molecular weight is 378 g/mol. The summed E-state index contributed by atoms with van der Waals surface area (Å²) in [6.45, 7) is 3.89. The van der Waals surface area contributed by atoms with Crippen LogP contribution in [-0.4, -0.2) is 23.7 Å². The summed E-state index contributed by atoms with van der Waals surface area (Å²) in [7, 11) is 0. The van der Waals surface area contributed by atoms with Crippen LogP contribution in [0.1, 0.15) is 29.8 Å². The highest BCUT2D eigenvalue weighted by molar-refractivity contribution is 7.99. The lowest BCUT2D eigenvalue weighted by Gasteiger charge is -2.13. The van der Waals surface area contributed by atoms with E-state index in [0.717, 1.165) is 5.75 Å². The lowest BCUT2D eigenvalue weighted by molar-refractivity contribution is -0.115. The van der Waals surface area contributed by atoms with Crippen LogP contribution in [0.25, 0.3) is 0 Å². The molecule has 0 fully saturated rings. The highest BCUT2D eigenvalue weighted by Gasteiger charge is 2.16. The molecule has 6 heteroatoms. The first-order chi connectivity index (χ1) is 12.0. The van der Waals surface area contributed by atoms with Crippen molar-refractivity contribution in [3.63, 3.8) is 0 Å². The number of hydrogen-bond acceptors (Lipinski definition) is 4. The molecule has 0 bridgehead atoms. The number of nitrogens with one attached hydrogen (secondary N) is 1. The molecular formula is C19H20ClNO3S. The van der Waals surface area contributed by atoms with Gasteiger partial charge in [-0.1, -0.05) is 41.9 Å². The first-order valence-electron chi connectivity index (χ1n) is 7.94. The fourth-order valence-electron chi connectivity index (χ4n) is 2.06. The van der Waals surface area contributed by atoms with Crippen molar-refractivity contribution in [1.29, 1.82) is 0 Å². The predicted octanol–water partition coefficient (Wildman–Crippen LogP) is 4.78. The number of anilines is 1. The summed E-state index contributed by atoms with van der Waals surface area (Å²) in [5.41, 5.74) is 2.01. The van der Waals surface area contributed by atoms with Gasteiger partial charge < -0.3 is 10.1 Å². The Morgan fingerprint density at radius 3 is 2.56 bits per heavy atom. The van der Waals surface area contributed by atoms with Gasteiger partial charge in [0.2, 0.25) is 5.91 Å². The van der Waals surface area contributed by atoms with Gasteiger partial charge in [0.1, 0.15) is 0 Å². The topological polar surface area (TPSA) is 55.4 Å². The maximum atomic E-state index is 12.3. The van der Waals surface area contributed by atoms with Crippen LogP contribution in [-0.2, 0) is 15.3 Å². The van der Waals surface area contributed by atoms with Crippen LogP contribution in [0.5, 0.6) is 0 Å². The van der Waals surface area contributed by atoms with E-state index in [9.17, 15) is 9.59 Å². The second kappa shape index (κ2) is 9.49. The molecule has 0 radical (unpaired) electrons. The molecule has 0 heterocycles. The van der Waals surface area contributed by atoms with Crippen LogP contribution in [0.3, 0.4) is 0 Å². The molecule has 0 unspecified atom stereocenters. The Balaban J connectivity index is 1.94. The number of hydrogen-bond donors (Lipinski definition) is 1. The van der Waals surface area contributed by atoms with E-state index >= 15 is 0 Å². The summed E-state index contributed by atoms with van der Waals surface area (Å²) in [6.07, 6.45) is 0. The number of esters is 1. The molecule has 0 aromatic heterocycles. The molecule has 1 atom stereocenters. The Bertz CT molecular complexity index is 737. The summed E-state index contributed by atoms with van der Waals surface area (Å²) in [5.74, 6) is 0.186.